The highest BCUT2D eigenvalue weighted by atomic mass is 32.2. The lowest BCUT2D eigenvalue weighted by Crippen LogP contribution is -2.63. The van der Waals surface area contributed by atoms with Crippen LogP contribution in [0.5, 0.6) is 11.8 Å². The third-order valence-corrected chi connectivity index (χ3v) is 5.90. The Bertz CT molecular complexity index is 988. The van der Waals surface area contributed by atoms with Crippen molar-refractivity contribution < 1.29 is 38.1 Å². The highest BCUT2D eigenvalue weighted by molar-refractivity contribution is 7.99. The second kappa shape index (κ2) is 10.5. The Labute approximate surface area is 194 Å². The first kappa shape index (κ1) is 24.3. The van der Waals surface area contributed by atoms with Crippen LogP contribution in [0.3, 0.4) is 0 Å². The minimum Gasteiger partial charge on any atom is -0.476 e. The zero-order valence-electron chi connectivity index (χ0n) is 18.5. The number of esters is 3. The molecule has 176 valence electrons. The summed E-state index contributed by atoms with van der Waals surface area (Å²) >= 11 is 1.26. The number of hydrogen-bond acceptors (Lipinski definition) is 11. The average Bonchev–Trinajstić information content (AvgIpc) is 2.77. The van der Waals surface area contributed by atoms with Crippen molar-refractivity contribution in [2.24, 2.45) is 0 Å². The fraction of sp³-hybridized carbons (Fsp3) is 0.409. The average molecular weight is 477 g/mol. The van der Waals surface area contributed by atoms with Gasteiger partial charge >= 0.3 is 23.9 Å². The Balaban J connectivity index is 2.18. The Morgan fingerprint density at radius 1 is 0.970 bits per heavy atom. The molecule has 0 saturated carbocycles. The number of aromatic nitrogens is 2. The molecule has 11 heteroatoms. The summed E-state index contributed by atoms with van der Waals surface area (Å²) in [5, 5.41) is 0. The standard InChI is InChI=1S/C22H24N2O8S/c1-13(25)29-18-12-33-20(31-17-8-6-5-7-9-17)19(30-14(2)26)22(18,32-15(3)27)16-10-23-21(28-4)24-11-16/h5-11,18-20H,12H2,1-4H3/t18-,19+,20-,22+/m1/s1. The van der Waals surface area contributed by atoms with Gasteiger partial charge in [-0.25, -0.2) is 9.97 Å². The van der Waals surface area contributed by atoms with Gasteiger partial charge in [0.1, 0.15) is 5.75 Å². The van der Waals surface area contributed by atoms with Gasteiger partial charge in [0, 0.05) is 44.5 Å². The number of carbonyl (C=O) groups excluding carboxylic acids is 3. The first-order valence-electron chi connectivity index (χ1n) is 10.00. The van der Waals surface area contributed by atoms with Gasteiger partial charge in [0.15, 0.2) is 17.6 Å². The van der Waals surface area contributed by atoms with E-state index in [4.69, 9.17) is 23.7 Å². The van der Waals surface area contributed by atoms with Gasteiger partial charge in [-0.05, 0) is 12.1 Å². The molecular weight excluding hydrogens is 452 g/mol. The molecule has 4 atom stereocenters. The summed E-state index contributed by atoms with van der Waals surface area (Å²) in [6, 6.07) is 8.98. The number of carbonyl (C=O) groups is 3. The molecule has 33 heavy (non-hydrogen) atoms. The van der Waals surface area contributed by atoms with E-state index in [9.17, 15) is 14.4 Å². The Morgan fingerprint density at radius 3 is 2.15 bits per heavy atom. The Kier molecular flexibility index (Phi) is 7.75. The van der Waals surface area contributed by atoms with Crippen LogP contribution in [0.1, 0.15) is 26.3 Å². The molecule has 3 rings (SSSR count). The highest BCUT2D eigenvalue weighted by Crippen LogP contribution is 2.47. The topological polar surface area (TPSA) is 123 Å². The van der Waals surface area contributed by atoms with Crippen LogP contribution in [0, 0.1) is 0 Å². The molecule has 10 nitrogen and oxygen atoms in total. The van der Waals surface area contributed by atoms with Crippen molar-refractivity contribution in [1.82, 2.24) is 9.97 Å². The first-order chi connectivity index (χ1) is 15.8. The van der Waals surface area contributed by atoms with Crippen molar-refractivity contribution in [2.45, 2.75) is 44.0 Å². The van der Waals surface area contributed by atoms with E-state index in [0.29, 0.717) is 5.75 Å². The summed E-state index contributed by atoms with van der Waals surface area (Å²) in [5.41, 5.74) is -2.34. The number of rotatable bonds is 7. The van der Waals surface area contributed by atoms with Gasteiger partial charge in [-0.2, -0.15) is 0 Å². The molecule has 1 saturated heterocycles. The van der Waals surface area contributed by atoms with E-state index in [1.807, 2.05) is 6.07 Å². The molecule has 0 spiro atoms. The zero-order valence-corrected chi connectivity index (χ0v) is 19.4. The molecule has 1 aromatic carbocycles. The first-order valence-corrected chi connectivity index (χ1v) is 11.0. The van der Waals surface area contributed by atoms with Crippen molar-refractivity contribution in [3.8, 4) is 11.8 Å². The highest BCUT2D eigenvalue weighted by Gasteiger charge is 2.61. The molecular formula is C22H24N2O8S. The number of para-hydroxylation sites is 1. The summed E-state index contributed by atoms with van der Waals surface area (Å²) in [4.78, 5) is 44.7. The monoisotopic (exact) mass is 476 g/mol. The molecule has 0 amide bonds. The number of thioether (sulfide) groups is 1. The molecule has 1 aliphatic heterocycles. The number of ether oxygens (including phenoxy) is 5. The third kappa shape index (κ3) is 5.54. The van der Waals surface area contributed by atoms with E-state index >= 15 is 0 Å². The van der Waals surface area contributed by atoms with E-state index in [2.05, 4.69) is 9.97 Å². The molecule has 2 heterocycles. The zero-order chi connectivity index (χ0) is 24.0. The van der Waals surface area contributed by atoms with E-state index in [-0.39, 0.29) is 17.3 Å². The lowest BCUT2D eigenvalue weighted by Gasteiger charge is -2.48. The maximum Gasteiger partial charge on any atom is 0.316 e. The summed E-state index contributed by atoms with van der Waals surface area (Å²) < 4.78 is 28.2. The summed E-state index contributed by atoms with van der Waals surface area (Å²) in [7, 11) is 1.40. The van der Waals surface area contributed by atoms with Crippen molar-refractivity contribution in [1.29, 1.82) is 0 Å². The van der Waals surface area contributed by atoms with Crippen LogP contribution in [0.25, 0.3) is 0 Å². The van der Waals surface area contributed by atoms with Crippen LogP contribution >= 0.6 is 11.8 Å². The van der Waals surface area contributed by atoms with Crippen molar-refractivity contribution >= 4 is 29.7 Å². The van der Waals surface area contributed by atoms with Crippen LogP contribution in [-0.4, -0.2) is 58.4 Å². The maximum atomic E-state index is 12.3. The van der Waals surface area contributed by atoms with Crippen molar-refractivity contribution in [3.63, 3.8) is 0 Å². The Hall–Kier alpha value is -3.34. The molecule has 0 radical (unpaired) electrons. The number of nitrogens with zero attached hydrogens (tertiary/aromatic N) is 2. The SMILES string of the molecule is COc1ncc([C@]2(OC(C)=O)[C@H](OC(C)=O)CS[C@@H](Oc3ccccc3)[C@@H]2OC(C)=O)cn1. The van der Waals surface area contributed by atoms with Gasteiger partial charge in [0.05, 0.1) is 7.11 Å². The molecule has 1 aromatic heterocycles. The molecule has 0 unspecified atom stereocenters. The van der Waals surface area contributed by atoms with E-state index in [1.54, 1.807) is 24.3 Å². The third-order valence-electron chi connectivity index (χ3n) is 4.73. The second-order valence-electron chi connectivity index (χ2n) is 7.11. The van der Waals surface area contributed by atoms with Gasteiger partial charge in [-0.1, -0.05) is 18.2 Å². The van der Waals surface area contributed by atoms with Crippen molar-refractivity contribution in [2.75, 3.05) is 12.9 Å². The normalized spacial score (nSPS) is 24.3. The smallest absolute Gasteiger partial charge is 0.316 e. The maximum absolute atomic E-state index is 12.3. The van der Waals surface area contributed by atoms with Gasteiger partial charge in [-0.15, -0.1) is 11.8 Å². The molecule has 2 aromatic rings. The summed E-state index contributed by atoms with van der Waals surface area (Å²) in [6.45, 7) is 3.67. The Morgan fingerprint density at radius 2 is 1.61 bits per heavy atom. The number of methoxy groups -OCH3 is 1. The lowest BCUT2D eigenvalue weighted by atomic mass is 9.83. The fourth-order valence-electron chi connectivity index (χ4n) is 3.55. The lowest BCUT2D eigenvalue weighted by molar-refractivity contribution is -0.222. The quantitative estimate of drug-likeness (QED) is 0.432. The minimum atomic E-state index is -1.78. The minimum absolute atomic E-state index is 0.0760. The number of benzene rings is 1. The fourth-order valence-corrected chi connectivity index (χ4v) is 4.84. The molecule has 1 aliphatic rings. The van der Waals surface area contributed by atoms with Crippen molar-refractivity contribution in [3.05, 3.63) is 48.3 Å². The largest absolute Gasteiger partial charge is 0.476 e. The van der Waals surface area contributed by atoms with Crippen LogP contribution in [0.4, 0.5) is 0 Å². The van der Waals surface area contributed by atoms with Crippen LogP contribution in [-0.2, 0) is 34.2 Å². The van der Waals surface area contributed by atoms with E-state index in [0.717, 1.165) is 0 Å². The molecule has 0 aliphatic carbocycles. The summed E-state index contributed by atoms with van der Waals surface area (Å²) in [5.74, 6) is -1.24. The van der Waals surface area contributed by atoms with Gasteiger partial charge in [-0.3, -0.25) is 14.4 Å². The molecule has 0 bridgehead atoms. The van der Waals surface area contributed by atoms with Gasteiger partial charge in [0.25, 0.3) is 0 Å². The predicted molar refractivity (Wildman–Crippen MR) is 116 cm³/mol. The molecule has 0 N–H and O–H groups in total. The number of hydrogen-bond donors (Lipinski definition) is 0. The van der Waals surface area contributed by atoms with E-state index < -0.39 is 41.2 Å². The predicted octanol–water partition coefficient (Wildman–Crippen LogP) is 2.26. The van der Waals surface area contributed by atoms with Crippen LogP contribution < -0.4 is 9.47 Å². The second-order valence-corrected chi connectivity index (χ2v) is 8.24. The van der Waals surface area contributed by atoms with Crippen LogP contribution in [0.2, 0.25) is 0 Å². The van der Waals surface area contributed by atoms with Crippen LogP contribution in [0.15, 0.2) is 42.7 Å². The van der Waals surface area contributed by atoms with Gasteiger partial charge in [0.2, 0.25) is 5.60 Å². The summed E-state index contributed by atoms with van der Waals surface area (Å²) in [6.07, 6.45) is 0.509. The molecule has 1 fully saturated rings. The van der Waals surface area contributed by atoms with Gasteiger partial charge < -0.3 is 23.7 Å². The van der Waals surface area contributed by atoms with E-state index in [1.165, 1.54) is 52.0 Å².